The van der Waals surface area contributed by atoms with E-state index in [1.807, 2.05) is 35.1 Å². The van der Waals surface area contributed by atoms with Gasteiger partial charge in [-0.1, -0.05) is 36.4 Å². The van der Waals surface area contributed by atoms with Crippen molar-refractivity contribution in [2.45, 2.75) is 44.0 Å². The number of hydrogen-bond donors (Lipinski definition) is 0. The van der Waals surface area contributed by atoms with E-state index >= 15 is 0 Å². The summed E-state index contributed by atoms with van der Waals surface area (Å²) in [6.07, 6.45) is 10.3. The molecule has 2 aromatic heterocycles. The van der Waals surface area contributed by atoms with Gasteiger partial charge in [-0.2, -0.15) is 0 Å². The minimum atomic E-state index is 0.651. The van der Waals surface area contributed by atoms with Crippen molar-refractivity contribution in [3.8, 4) is 17.0 Å². The van der Waals surface area contributed by atoms with Crippen molar-refractivity contribution in [2.24, 2.45) is 5.92 Å². The van der Waals surface area contributed by atoms with Crippen molar-refractivity contribution in [3.05, 3.63) is 89.9 Å². The Kier molecular flexibility index (Phi) is 8.36. The number of ether oxygens (including phenoxy) is 1. The molecule has 0 bridgehead atoms. The number of hydrogen-bond acceptors (Lipinski definition) is 5. The molecule has 0 fully saturated rings. The van der Waals surface area contributed by atoms with Gasteiger partial charge in [0.25, 0.3) is 0 Å². The number of thioether (sulfide) groups is 1. The van der Waals surface area contributed by atoms with Crippen molar-refractivity contribution in [1.82, 2.24) is 20.0 Å². The van der Waals surface area contributed by atoms with Crippen molar-refractivity contribution in [1.29, 1.82) is 0 Å². The van der Waals surface area contributed by atoms with E-state index in [0.717, 1.165) is 47.5 Å². The summed E-state index contributed by atoms with van der Waals surface area (Å²) in [4.78, 5) is 6.05. The Morgan fingerprint density at radius 3 is 2.29 bits per heavy atom. The summed E-state index contributed by atoms with van der Waals surface area (Å²) < 4.78 is 7.15. The van der Waals surface area contributed by atoms with Gasteiger partial charge in [0.05, 0.1) is 25.5 Å². The van der Waals surface area contributed by atoms with E-state index in [-0.39, 0.29) is 0 Å². The molecule has 4 rings (SSSR count). The molecule has 176 valence electrons. The minimum Gasteiger partial charge on any atom is -0.497 e. The lowest BCUT2D eigenvalue weighted by molar-refractivity contribution is 0.414. The molecule has 1 unspecified atom stereocenters. The summed E-state index contributed by atoms with van der Waals surface area (Å²) in [7, 11) is 1.67. The molecule has 0 saturated carbocycles. The molecule has 0 saturated heterocycles. The molecule has 0 aliphatic rings. The maximum absolute atomic E-state index is 5.24. The average Bonchev–Trinajstić information content (AvgIpc) is 3.35. The maximum Gasteiger partial charge on any atom is 0.118 e. The summed E-state index contributed by atoms with van der Waals surface area (Å²) in [5.74, 6) is 1.51. The van der Waals surface area contributed by atoms with Gasteiger partial charge in [0.15, 0.2) is 0 Å². The first-order valence-corrected chi connectivity index (χ1v) is 13.0. The highest BCUT2D eigenvalue weighted by Gasteiger charge is 2.10. The highest BCUT2D eigenvalue weighted by Crippen LogP contribution is 2.22. The maximum atomic E-state index is 5.24. The van der Waals surface area contributed by atoms with Crippen molar-refractivity contribution >= 4 is 11.8 Å². The Balaban J connectivity index is 1.29. The van der Waals surface area contributed by atoms with Crippen LogP contribution in [-0.2, 0) is 19.4 Å². The highest BCUT2D eigenvalue weighted by molar-refractivity contribution is 7.98. The summed E-state index contributed by atoms with van der Waals surface area (Å²) in [5, 5.41) is 8.40. The molecule has 0 amide bonds. The standard InChI is InChI=1S/C28H32N4OS/c1-21(4-6-22-9-16-27(34-3)17-10-22)5-12-25-13-11-24(18-29-25)28-19-30-31-32(28)20-23-7-14-26(33-2)15-8-23/h7-11,13-19,21H,4-6,12,20H2,1-3H3. The first kappa shape index (κ1) is 24.0. The lowest BCUT2D eigenvalue weighted by atomic mass is 9.96. The second-order valence-corrected chi connectivity index (χ2v) is 9.57. The summed E-state index contributed by atoms with van der Waals surface area (Å²) in [6.45, 7) is 2.99. The molecular formula is C28H32N4OS. The van der Waals surface area contributed by atoms with Crippen molar-refractivity contribution < 1.29 is 4.74 Å². The Morgan fingerprint density at radius 1 is 0.882 bits per heavy atom. The van der Waals surface area contributed by atoms with Crippen LogP contribution in [0.5, 0.6) is 5.75 Å². The van der Waals surface area contributed by atoms with Crippen LogP contribution in [0.4, 0.5) is 0 Å². The van der Waals surface area contributed by atoms with Crippen LogP contribution in [0.3, 0.4) is 0 Å². The zero-order valence-corrected chi connectivity index (χ0v) is 21.0. The van der Waals surface area contributed by atoms with E-state index in [1.165, 1.54) is 16.9 Å². The fourth-order valence-electron chi connectivity index (χ4n) is 3.97. The van der Waals surface area contributed by atoms with Gasteiger partial charge in [-0.25, -0.2) is 4.68 Å². The Morgan fingerprint density at radius 2 is 1.62 bits per heavy atom. The van der Waals surface area contributed by atoms with Gasteiger partial charge < -0.3 is 4.74 Å². The summed E-state index contributed by atoms with van der Waals surface area (Å²) >= 11 is 1.79. The Labute approximate surface area is 206 Å². The van der Waals surface area contributed by atoms with E-state index < -0.39 is 0 Å². The summed E-state index contributed by atoms with van der Waals surface area (Å²) in [6, 6.07) is 21.2. The van der Waals surface area contributed by atoms with E-state index in [2.05, 4.69) is 59.9 Å². The Hall–Kier alpha value is -3.12. The second-order valence-electron chi connectivity index (χ2n) is 8.69. The van der Waals surface area contributed by atoms with Gasteiger partial charge in [0.2, 0.25) is 0 Å². The topological polar surface area (TPSA) is 52.8 Å². The number of nitrogens with zero attached hydrogens (tertiary/aromatic N) is 4. The molecule has 6 heteroatoms. The molecule has 0 aliphatic carbocycles. The number of methoxy groups -OCH3 is 1. The number of rotatable bonds is 11. The van der Waals surface area contributed by atoms with E-state index in [1.54, 1.807) is 25.1 Å². The molecule has 0 N–H and O–H groups in total. The van der Waals surface area contributed by atoms with Gasteiger partial charge in [-0.05, 0) is 85.4 Å². The van der Waals surface area contributed by atoms with Gasteiger partial charge in [-0.15, -0.1) is 16.9 Å². The van der Waals surface area contributed by atoms with Crippen LogP contribution in [-0.4, -0.2) is 33.3 Å². The van der Waals surface area contributed by atoms with E-state index in [4.69, 9.17) is 9.72 Å². The smallest absolute Gasteiger partial charge is 0.118 e. The Bertz CT molecular complexity index is 1150. The van der Waals surface area contributed by atoms with Gasteiger partial charge in [0, 0.05) is 22.3 Å². The molecule has 2 aromatic carbocycles. The quantitative estimate of drug-likeness (QED) is 0.239. The van der Waals surface area contributed by atoms with Gasteiger partial charge >= 0.3 is 0 Å². The lowest BCUT2D eigenvalue weighted by Gasteiger charge is -2.12. The number of pyridine rings is 1. The zero-order valence-electron chi connectivity index (χ0n) is 20.1. The average molecular weight is 473 g/mol. The third-order valence-corrected chi connectivity index (χ3v) is 6.95. The number of aromatic nitrogens is 4. The van der Waals surface area contributed by atoms with Crippen molar-refractivity contribution in [3.63, 3.8) is 0 Å². The first-order chi connectivity index (χ1) is 16.6. The molecular weight excluding hydrogens is 440 g/mol. The number of aryl methyl sites for hydroxylation is 2. The molecule has 2 heterocycles. The molecule has 0 aliphatic heterocycles. The van der Waals surface area contributed by atoms with Gasteiger partial charge in [0.1, 0.15) is 5.75 Å². The molecule has 5 nitrogen and oxygen atoms in total. The van der Waals surface area contributed by atoms with Crippen LogP contribution >= 0.6 is 11.8 Å². The fourth-order valence-corrected chi connectivity index (χ4v) is 4.38. The fraction of sp³-hybridized carbons (Fsp3) is 0.321. The van der Waals surface area contributed by atoms with E-state index in [0.29, 0.717) is 12.5 Å². The number of benzene rings is 2. The largest absolute Gasteiger partial charge is 0.497 e. The first-order valence-electron chi connectivity index (χ1n) is 11.7. The van der Waals surface area contributed by atoms with Crippen LogP contribution in [0.2, 0.25) is 0 Å². The predicted octanol–water partition coefficient (Wildman–Crippen LogP) is 6.32. The highest BCUT2D eigenvalue weighted by atomic mass is 32.2. The summed E-state index contributed by atoms with van der Waals surface area (Å²) in [5.41, 5.74) is 5.70. The van der Waals surface area contributed by atoms with E-state index in [9.17, 15) is 0 Å². The molecule has 0 spiro atoms. The molecule has 34 heavy (non-hydrogen) atoms. The minimum absolute atomic E-state index is 0.651. The zero-order chi connectivity index (χ0) is 23.8. The SMILES string of the molecule is COc1ccc(Cn2nncc2-c2ccc(CCC(C)CCc3ccc(SC)cc3)nc2)cc1. The van der Waals surface area contributed by atoms with Crippen molar-refractivity contribution in [2.75, 3.05) is 13.4 Å². The van der Waals surface area contributed by atoms with Crippen LogP contribution in [0.25, 0.3) is 11.3 Å². The normalized spacial score (nSPS) is 12.0. The van der Waals surface area contributed by atoms with Crippen LogP contribution < -0.4 is 4.74 Å². The molecule has 4 aromatic rings. The van der Waals surface area contributed by atoms with Crippen LogP contribution in [0, 0.1) is 5.92 Å². The molecule has 1 atom stereocenters. The second kappa shape index (κ2) is 11.8. The lowest BCUT2D eigenvalue weighted by Crippen LogP contribution is -2.04. The van der Waals surface area contributed by atoms with Gasteiger partial charge in [-0.3, -0.25) is 4.98 Å². The van der Waals surface area contributed by atoms with Crippen LogP contribution in [0.1, 0.15) is 36.6 Å². The monoisotopic (exact) mass is 472 g/mol. The third kappa shape index (κ3) is 6.48. The molecule has 0 radical (unpaired) electrons. The van der Waals surface area contributed by atoms with Crippen LogP contribution in [0.15, 0.2) is 78.0 Å². The third-order valence-electron chi connectivity index (χ3n) is 6.21. The predicted molar refractivity (Wildman–Crippen MR) is 139 cm³/mol.